The van der Waals surface area contributed by atoms with Gasteiger partial charge in [-0.2, -0.15) is 5.10 Å². The molecule has 0 unspecified atom stereocenters. The van der Waals surface area contributed by atoms with Crippen molar-refractivity contribution in [2.75, 3.05) is 19.7 Å². The van der Waals surface area contributed by atoms with E-state index in [9.17, 15) is 13.6 Å². The molecular weight excluding hydrogens is 462 g/mol. The van der Waals surface area contributed by atoms with Crippen molar-refractivity contribution in [3.8, 4) is 17.0 Å². The molecule has 1 fully saturated rings. The fourth-order valence-electron chi connectivity index (χ4n) is 5.20. The van der Waals surface area contributed by atoms with Crippen molar-refractivity contribution in [2.45, 2.75) is 31.8 Å². The van der Waals surface area contributed by atoms with Gasteiger partial charge in [-0.3, -0.25) is 14.8 Å². The fraction of sp³-hybridized carbons (Fsp3) is 0.286. The lowest BCUT2D eigenvalue weighted by atomic mass is 10.0. The normalized spacial score (nSPS) is 17.7. The molecule has 0 bridgehead atoms. The number of carbonyl (C=O) groups excluding carboxylic acids is 1. The number of aromatic nitrogens is 2. The first-order chi connectivity index (χ1) is 17.5. The summed E-state index contributed by atoms with van der Waals surface area (Å²) in [4.78, 5) is 15.1. The van der Waals surface area contributed by atoms with Crippen LogP contribution in [0.1, 0.15) is 34.3 Å². The molecule has 8 heteroatoms. The number of H-pyrrole nitrogens is 1. The second-order valence-electron chi connectivity index (χ2n) is 9.50. The molecule has 0 spiro atoms. The molecule has 0 radical (unpaired) electrons. The highest BCUT2D eigenvalue weighted by Crippen LogP contribution is 2.33. The third-order valence-corrected chi connectivity index (χ3v) is 7.07. The Morgan fingerprint density at radius 2 is 2.00 bits per heavy atom. The predicted octanol–water partition coefficient (Wildman–Crippen LogP) is 4.84. The summed E-state index contributed by atoms with van der Waals surface area (Å²) in [5, 5.41) is 11.6. The van der Waals surface area contributed by atoms with Crippen molar-refractivity contribution in [3.63, 3.8) is 0 Å². The summed E-state index contributed by atoms with van der Waals surface area (Å²) in [5.41, 5.74) is 4.41. The molecule has 0 aliphatic carbocycles. The van der Waals surface area contributed by atoms with Crippen molar-refractivity contribution in [3.05, 3.63) is 82.9 Å². The first-order valence-electron chi connectivity index (χ1n) is 12.3. The molecule has 6 nitrogen and oxygen atoms in total. The molecule has 1 amide bonds. The van der Waals surface area contributed by atoms with Crippen LogP contribution in [-0.4, -0.2) is 46.7 Å². The average Bonchev–Trinajstić information content (AvgIpc) is 3.52. The summed E-state index contributed by atoms with van der Waals surface area (Å²) in [6.07, 6.45) is 2.54. The van der Waals surface area contributed by atoms with Gasteiger partial charge in [-0.1, -0.05) is 6.07 Å². The Morgan fingerprint density at radius 1 is 1.14 bits per heavy atom. The maximum Gasteiger partial charge on any atom is 0.251 e. The Bertz CT molecular complexity index is 1430. The maximum absolute atomic E-state index is 14.1. The molecule has 1 atom stereocenters. The number of nitrogens with zero attached hydrogens (tertiary/aromatic N) is 2. The van der Waals surface area contributed by atoms with Gasteiger partial charge in [0.25, 0.3) is 5.91 Å². The number of benzene rings is 3. The molecule has 184 valence electrons. The number of hydrogen-bond acceptors (Lipinski definition) is 4. The summed E-state index contributed by atoms with van der Waals surface area (Å²) in [6, 6.07) is 15.4. The van der Waals surface area contributed by atoms with Crippen LogP contribution in [-0.2, 0) is 13.0 Å². The minimum atomic E-state index is -0.540. The summed E-state index contributed by atoms with van der Waals surface area (Å²) in [7, 11) is 0. The van der Waals surface area contributed by atoms with E-state index in [4.69, 9.17) is 4.74 Å². The van der Waals surface area contributed by atoms with E-state index in [0.717, 1.165) is 59.3 Å². The topological polar surface area (TPSA) is 70.2 Å². The molecule has 2 aliphatic rings. The van der Waals surface area contributed by atoms with Crippen molar-refractivity contribution in [1.82, 2.24) is 20.4 Å². The number of halogens is 2. The minimum Gasteiger partial charge on any atom is -0.493 e. The number of nitrogens with one attached hydrogen (secondary N) is 2. The lowest BCUT2D eigenvalue weighted by Crippen LogP contribution is -2.47. The van der Waals surface area contributed by atoms with E-state index >= 15 is 0 Å². The molecule has 36 heavy (non-hydrogen) atoms. The Labute approximate surface area is 207 Å². The van der Waals surface area contributed by atoms with Gasteiger partial charge >= 0.3 is 0 Å². The van der Waals surface area contributed by atoms with Crippen molar-refractivity contribution in [2.24, 2.45) is 0 Å². The van der Waals surface area contributed by atoms with Crippen LogP contribution in [0.15, 0.2) is 54.6 Å². The Kier molecular flexibility index (Phi) is 5.89. The minimum absolute atomic E-state index is 0.0699. The van der Waals surface area contributed by atoms with Gasteiger partial charge in [-0.15, -0.1) is 0 Å². The van der Waals surface area contributed by atoms with E-state index in [1.54, 1.807) is 6.07 Å². The highest BCUT2D eigenvalue weighted by molar-refractivity contribution is 6.01. The average molecular weight is 489 g/mol. The van der Waals surface area contributed by atoms with Crippen LogP contribution >= 0.6 is 0 Å². The van der Waals surface area contributed by atoms with E-state index in [0.29, 0.717) is 18.7 Å². The zero-order valence-electron chi connectivity index (χ0n) is 19.7. The van der Waals surface area contributed by atoms with E-state index in [1.807, 2.05) is 29.2 Å². The SMILES string of the molecule is O=C(N[C@@H]1CCCN(Cc2c(F)cccc2F)C1)c1ccc2[nH]nc(-c3ccc4c(c3)CCO4)c2c1. The number of carbonyl (C=O) groups is 1. The maximum atomic E-state index is 14.1. The number of rotatable bonds is 5. The van der Waals surface area contributed by atoms with Crippen LogP contribution in [0.5, 0.6) is 5.75 Å². The molecular formula is C28H26F2N4O2. The number of likely N-dealkylation sites (tertiary alicyclic amines) is 1. The zero-order valence-corrected chi connectivity index (χ0v) is 19.7. The Hall–Kier alpha value is -3.78. The summed E-state index contributed by atoms with van der Waals surface area (Å²) < 4.78 is 33.8. The van der Waals surface area contributed by atoms with Gasteiger partial charge in [0, 0.05) is 47.6 Å². The summed E-state index contributed by atoms with van der Waals surface area (Å²) >= 11 is 0. The monoisotopic (exact) mass is 488 g/mol. The van der Waals surface area contributed by atoms with Gasteiger partial charge in [0.05, 0.1) is 17.8 Å². The molecule has 4 aromatic rings. The number of piperidine rings is 1. The smallest absolute Gasteiger partial charge is 0.251 e. The lowest BCUT2D eigenvalue weighted by Gasteiger charge is -2.33. The Morgan fingerprint density at radius 3 is 2.86 bits per heavy atom. The summed E-state index contributed by atoms with van der Waals surface area (Å²) in [5.74, 6) is -0.337. The van der Waals surface area contributed by atoms with Gasteiger partial charge < -0.3 is 10.1 Å². The zero-order chi connectivity index (χ0) is 24.6. The Balaban J connectivity index is 1.18. The lowest BCUT2D eigenvalue weighted by molar-refractivity contribution is 0.0899. The van der Waals surface area contributed by atoms with Crippen molar-refractivity contribution in [1.29, 1.82) is 0 Å². The van der Waals surface area contributed by atoms with Crippen LogP contribution in [0.3, 0.4) is 0 Å². The van der Waals surface area contributed by atoms with E-state index in [2.05, 4.69) is 21.6 Å². The van der Waals surface area contributed by atoms with Crippen molar-refractivity contribution >= 4 is 16.8 Å². The molecule has 2 aliphatic heterocycles. The van der Waals surface area contributed by atoms with Gasteiger partial charge in [0.2, 0.25) is 0 Å². The highest BCUT2D eigenvalue weighted by atomic mass is 19.1. The molecule has 1 aromatic heterocycles. The second-order valence-corrected chi connectivity index (χ2v) is 9.50. The van der Waals surface area contributed by atoms with Crippen molar-refractivity contribution < 1.29 is 18.3 Å². The third kappa shape index (κ3) is 4.33. The van der Waals surface area contributed by atoms with Crippen LogP contribution in [0.2, 0.25) is 0 Å². The first-order valence-corrected chi connectivity index (χ1v) is 12.3. The molecule has 3 aromatic carbocycles. The number of amides is 1. The second kappa shape index (κ2) is 9.35. The van der Waals surface area contributed by atoms with Gasteiger partial charge in [0.15, 0.2) is 0 Å². The standard InChI is InChI=1S/C28H26F2N4O2/c29-23-4-1-5-24(30)22(23)16-34-11-2-3-20(15-34)31-28(35)19-6-8-25-21(14-19)27(33-32-25)18-7-9-26-17(13-18)10-12-36-26/h1,4-9,13-14,20H,2-3,10-12,15-16H2,(H,31,35)(H,32,33)/t20-/m1/s1. The van der Waals surface area contributed by atoms with E-state index in [-0.39, 0.29) is 24.1 Å². The van der Waals surface area contributed by atoms with Crippen LogP contribution in [0.25, 0.3) is 22.2 Å². The van der Waals surface area contributed by atoms with E-state index < -0.39 is 11.6 Å². The van der Waals surface area contributed by atoms with Crippen LogP contribution < -0.4 is 10.1 Å². The number of fused-ring (bicyclic) bond motifs is 2. The number of aromatic amines is 1. The van der Waals surface area contributed by atoms with Gasteiger partial charge in [-0.05, 0) is 73.5 Å². The quantitative estimate of drug-likeness (QED) is 0.422. The number of ether oxygens (including phenoxy) is 1. The fourth-order valence-corrected chi connectivity index (χ4v) is 5.20. The molecule has 0 saturated carbocycles. The van der Waals surface area contributed by atoms with Gasteiger partial charge in [-0.25, -0.2) is 8.78 Å². The van der Waals surface area contributed by atoms with Crippen LogP contribution in [0, 0.1) is 11.6 Å². The largest absolute Gasteiger partial charge is 0.493 e. The van der Waals surface area contributed by atoms with E-state index in [1.165, 1.54) is 18.2 Å². The first kappa shape index (κ1) is 22.7. The molecule has 1 saturated heterocycles. The van der Waals surface area contributed by atoms with Gasteiger partial charge in [0.1, 0.15) is 17.4 Å². The molecule has 6 rings (SSSR count). The third-order valence-electron chi connectivity index (χ3n) is 7.07. The number of hydrogen-bond donors (Lipinski definition) is 2. The predicted molar refractivity (Wildman–Crippen MR) is 133 cm³/mol. The molecule has 2 N–H and O–H groups in total. The highest BCUT2D eigenvalue weighted by Gasteiger charge is 2.24. The molecule has 3 heterocycles. The van der Waals surface area contributed by atoms with Crippen LogP contribution in [0.4, 0.5) is 8.78 Å². The summed E-state index contributed by atoms with van der Waals surface area (Å²) in [6.45, 7) is 2.14.